The molecule has 4 aliphatic carbocycles. The fraction of sp³-hybridized carbons (Fsp3) is 0.850. The Kier molecular flexibility index (Phi) is 4.15. The second-order valence-corrected chi connectivity index (χ2v) is 11.3. The molecule has 0 radical (unpaired) electrons. The lowest BCUT2D eigenvalue weighted by atomic mass is 9.45. The number of carbonyl (C=O) groups excluding carboxylic acids is 1. The second-order valence-electron chi connectivity index (χ2n) is 9.63. The molecule has 25 heavy (non-hydrogen) atoms. The van der Waals surface area contributed by atoms with E-state index in [0.717, 1.165) is 32.1 Å². The maximum absolute atomic E-state index is 11.7. The molecule has 0 heterocycles. The van der Waals surface area contributed by atoms with Gasteiger partial charge in [0.15, 0.2) is 0 Å². The molecule has 0 aromatic heterocycles. The molecule has 0 amide bonds. The Labute approximate surface area is 150 Å². The van der Waals surface area contributed by atoms with Crippen molar-refractivity contribution >= 4 is 13.9 Å². The zero-order chi connectivity index (χ0) is 18.0. The van der Waals surface area contributed by atoms with Gasteiger partial charge in [-0.15, -0.1) is 0 Å². The molecule has 2 N–H and O–H groups in total. The number of aldehydes is 1. The van der Waals surface area contributed by atoms with Crippen LogP contribution < -0.4 is 0 Å². The summed E-state index contributed by atoms with van der Waals surface area (Å²) in [4.78, 5) is 30.7. The van der Waals surface area contributed by atoms with Crippen LogP contribution in [0.5, 0.6) is 0 Å². The molecule has 0 aromatic rings. The van der Waals surface area contributed by atoms with Crippen LogP contribution in [-0.4, -0.2) is 16.1 Å². The van der Waals surface area contributed by atoms with Crippen LogP contribution in [0.2, 0.25) is 0 Å². The predicted molar refractivity (Wildman–Crippen MR) is 96.8 cm³/mol. The topological polar surface area (TPSA) is 74.6 Å². The first-order chi connectivity index (χ1) is 11.7. The molecule has 0 unspecified atom stereocenters. The van der Waals surface area contributed by atoms with E-state index >= 15 is 0 Å². The summed E-state index contributed by atoms with van der Waals surface area (Å²) in [5.41, 5.74) is 0.357. The summed E-state index contributed by atoms with van der Waals surface area (Å²) in [6.45, 7) is 4.72. The van der Waals surface area contributed by atoms with Crippen LogP contribution in [0.1, 0.15) is 65.2 Å². The van der Waals surface area contributed by atoms with E-state index in [0.29, 0.717) is 35.4 Å². The van der Waals surface area contributed by atoms with Crippen molar-refractivity contribution in [3.05, 3.63) is 11.4 Å². The van der Waals surface area contributed by atoms with E-state index in [2.05, 4.69) is 13.8 Å². The van der Waals surface area contributed by atoms with Crippen molar-refractivity contribution < 1.29 is 19.1 Å². The van der Waals surface area contributed by atoms with Gasteiger partial charge in [0.2, 0.25) is 0 Å². The molecule has 4 aliphatic rings. The minimum absolute atomic E-state index is 0.169. The van der Waals surface area contributed by atoms with Crippen LogP contribution >= 0.6 is 7.60 Å². The molecule has 140 valence electrons. The van der Waals surface area contributed by atoms with E-state index in [4.69, 9.17) is 0 Å². The third-order valence-corrected chi connectivity index (χ3v) is 9.99. The first-order valence-corrected chi connectivity index (χ1v) is 11.5. The SMILES string of the molecule is C[C@]12CCC(P(=O)(O)O)=C[C@@H]1CC[C@@H]1[C@@H]2CC[C@]2(C)[C@@H](C=O)CC[C@@H]12. The fourth-order valence-electron chi connectivity index (χ4n) is 7.35. The monoisotopic (exact) mass is 366 g/mol. The van der Waals surface area contributed by atoms with E-state index < -0.39 is 7.60 Å². The van der Waals surface area contributed by atoms with Crippen molar-refractivity contribution in [2.45, 2.75) is 65.2 Å². The molecular formula is C20H31O4P. The normalized spacial score (nSPS) is 49.6. The van der Waals surface area contributed by atoms with Gasteiger partial charge in [0.05, 0.1) is 0 Å². The number of allylic oxidation sites excluding steroid dienone is 2. The van der Waals surface area contributed by atoms with Gasteiger partial charge in [-0.05, 0) is 85.9 Å². The van der Waals surface area contributed by atoms with E-state index in [1.165, 1.54) is 19.1 Å². The zero-order valence-corrected chi connectivity index (χ0v) is 16.3. The predicted octanol–water partition coefficient (Wildman–Crippen LogP) is 4.52. The summed E-state index contributed by atoms with van der Waals surface area (Å²) in [6, 6.07) is 0. The van der Waals surface area contributed by atoms with Crippen molar-refractivity contribution in [3.8, 4) is 0 Å². The lowest BCUT2D eigenvalue weighted by Crippen LogP contribution is -2.52. The number of rotatable bonds is 2. The molecule has 7 atom stereocenters. The average Bonchev–Trinajstić information content (AvgIpc) is 2.89. The van der Waals surface area contributed by atoms with Crippen LogP contribution in [0.4, 0.5) is 0 Å². The van der Waals surface area contributed by atoms with Crippen LogP contribution in [0, 0.1) is 40.4 Å². The van der Waals surface area contributed by atoms with Crippen LogP contribution in [-0.2, 0) is 9.36 Å². The summed E-state index contributed by atoms with van der Waals surface area (Å²) in [6.07, 6.45) is 11.3. The molecule has 0 bridgehead atoms. The minimum Gasteiger partial charge on any atom is -0.321 e. The van der Waals surface area contributed by atoms with Crippen LogP contribution in [0.3, 0.4) is 0 Å². The zero-order valence-electron chi connectivity index (χ0n) is 15.4. The Morgan fingerprint density at radius 2 is 1.76 bits per heavy atom. The smallest absolute Gasteiger partial charge is 0.321 e. The number of hydrogen-bond donors (Lipinski definition) is 2. The molecule has 3 fully saturated rings. The van der Waals surface area contributed by atoms with Crippen molar-refractivity contribution in [2.75, 3.05) is 0 Å². The number of carbonyl (C=O) groups is 1. The highest BCUT2D eigenvalue weighted by Gasteiger charge is 2.59. The van der Waals surface area contributed by atoms with Gasteiger partial charge in [0.1, 0.15) is 6.29 Å². The number of hydrogen-bond acceptors (Lipinski definition) is 2. The fourth-order valence-corrected chi connectivity index (χ4v) is 8.13. The summed E-state index contributed by atoms with van der Waals surface area (Å²) in [7, 11) is -4.09. The first kappa shape index (κ1) is 17.9. The Morgan fingerprint density at radius 1 is 1.04 bits per heavy atom. The van der Waals surface area contributed by atoms with Crippen molar-refractivity contribution in [2.24, 2.45) is 40.4 Å². The Morgan fingerprint density at radius 3 is 2.44 bits per heavy atom. The molecule has 0 spiro atoms. The standard InChI is InChI=1S/C20H31O4P/c1-19-9-7-15(25(22,23)24)11-13(19)3-5-16-17-6-4-14(12-21)20(17,2)10-8-18(16)19/h11-14,16-18H,3-10H2,1-2H3,(H2,22,23,24)/t13-,14+,16-,17-,18-,19-,20+/m0/s1. The molecule has 0 aromatic carbocycles. The maximum Gasteiger partial charge on any atom is 0.351 e. The Bertz CT molecular complexity index is 652. The minimum atomic E-state index is -4.09. The highest BCUT2D eigenvalue weighted by Crippen LogP contribution is 2.68. The van der Waals surface area contributed by atoms with Gasteiger partial charge in [-0.1, -0.05) is 19.9 Å². The van der Waals surface area contributed by atoms with Crippen molar-refractivity contribution in [1.82, 2.24) is 0 Å². The molecule has 4 nitrogen and oxygen atoms in total. The van der Waals surface area contributed by atoms with E-state index in [1.54, 1.807) is 0 Å². The van der Waals surface area contributed by atoms with Gasteiger partial charge < -0.3 is 14.6 Å². The molecule has 4 rings (SSSR count). The summed E-state index contributed by atoms with van der Waals surface area (Å²) in [5, 5.41) is 0.371. The average molecular weight is 366 g/mol. The lowest BCUT2D eigenvalue weighted by Gasteiger charge is -2.59. The summed E-state index contributed by atoms with van der Waals surface area (Å²) >= 11 is 0. The van der Waals surface area contributed by atoms with Gasteiger partial charge >= 0.3 is 7.60 Å². The molecule has 5 heteroatoms. The Balaban J connectivity index is 1.63. The van der Waals surface area contributed by atoms with Gasteiger partial charge in [-0.25, -0.2) is 0 Å². The summed E-state index contributed by atoms with van der Waals surface area (Å²) < 4.78 is 11.7. The van der Waals surface area contributed by atoms with Crippen molar-refractivity contribution in [1.29, 1.82) is 0 Å². The van der Waals surface area contributed by atoms with E-state index in [1.807, 2.05) is 6.08 Å². The van der Waals surface area contributed by atoms with Crippen LogP contribution in [0.25, 0.3) is 0 Å². The van der Waals surface area contributed by atoms with Crippen LogP contribution in [0.15, 0.2) is 11.4 Å². The highest BCUT2D eigenvalue weighted by atomic mass is 31.2. The van der Waals surface area contributed by atoms with Crippen molar-refractivity contribution in [3.63, 3.8) is 0 Å². The second kappa shape index (κ2) is 5.78. The molecule has 0 saturated heterocycles. The lowest BCUT2D eigenvalue weighted by molar-refractivity contribution is -0.121. The maximum atomic E-state index is 11.7. The molecule has 0 aliphatic heterocycles. The summed E-state index contributed by atoms with van der Waals surface area (Å²) in [5.74, 6) is 2.53. The molecular weight excluding hydrogens is 335 g/mol. The van der Waals surface area contributed by atoms with Gasteiger partial charge in [-0.2, -0.15) is 0 Å². The van der Waals surface area contributed by atoms with E-state index in [9.17, 15) is 19.1 Å². The van der Waals surface area contributed by atoms with Gasteiger partial charge in [-0.3, -0.25) is 4.57 Å². The molecule has 3 saturated carbocycles. The third kappa shape index (κ3) is 2.55. The highest BCUT2D eigenvalue weighted by molar-refractivity contribution is 7.56. The first-order valence-electron chi connectivity index (χ1n) is 9.92. The van der Waals surface area contributed by atoms with Gasteiger partial charge in [0, 0.05) is 11.2 Å². The van der Waals surface area contributed by atoms with E-state index in [-0.39, 0.29) is 16.7 Å². The third-order valence-electron chi connectivity index (χ3n) is 8.87. The number of fused-ring (bicyclic) bond motifs is 5. The van der Waals surface area contributed by atoms with Gasteiger partial charge in [0.25, 0.3) is 0 Å². The quantitative estimate of drug-likeness (QED) is 0.557. The largest absolute Gasteiger partial charge is 0.351 e. The Hall–Kier alpha value is -0.440.